The van der Waals surface area contributed by atoms with Gasteiger partial charge in [-0.15, -0.1) is 16.1 Å². The van der Waals surface area contributed by atoms with Gasteiger partial charge in [0.2, 0.25) is 0 Å². The number of aromatic nitrogens is 1. The smallest absolute Gasteiger partial charge is 0.323 e. The Bertz CT molecular complexity index is 373. The summed E-state index contributed by atoms with van der Waals surface area (Å²) in [6, 6.07) is 6.38. The van der Waals surface area contributed by atoms with Crippen LogP contribution in [0.2, 0.25) is 0 Å². The highest BCUT2D eigenvalue weighted by atomic mass is 35.5. The van der Waals surface area contributed by atoms with Gasteiger partial charge in [-0.3, -0.25) is 0 Å². The first-order valence-corrected chi connectivity index (χ1v) is 6.46. The van der Waals surface area contributed by atoms with Crippen molar-refractivity contribution in [3.63, 3.8) is 0 Å². The molecule has 64 valence electrons. The molecule has 0 aliphatic carbocycles. The van der Waals surface area contributed by atoms with Crippen LogP contribution in [0.25, 0.3) is 10.2 Å². The maximum atomic E-state index is 4.25. The summed E-state index contributed by atoms with van der Waals surface area (Å²) in [5.41, 5.74) is 1.12. The van der Waals surface area contributed by atoms with Gasteiger partial charge in [0.25, 0.3) is 15.2 Å². The van der Waals surface area contributed by atoms with Gasteiger partial charge in [0.15, 0.2) is 0 Å². The molecule has 5 heteroatoms. The largest absolute Gasteiger partial charge is 1.00 e. The molecule has 0 spiro atoms. The molecule has 0 unspecified atom stereocenters. The third-order valence-electron chi connectivity index (χ3n) is 1.43. The van der Waals surface area contributed by atoms with E-state index < -0.39 is 0 Å². The van der Waals surface area contributed by atoms with Crippen molar-refractivity contribution in [3.8, 4) is 0 Å². The number of benzene rings is 1. The van der Waals surface area contributed by atoms with Crippen LogP contribution in [0.3, 0.4) is 0 Å². The molecule has 1 heterocycles. The van der Waals surface area contributed by atoms with E-state index in [0.29, 0.717) is 0 Å². The predicted octanol–water partition coefficient (Wildman–Crippen LogP) is 0.365. The Morgan fingerprint density at radius 2 is 2.33 bits per heavy atom. The number of halogens is 1. The molecule has 0 radical (unpaired) electrons. The van der Waals surface area contributed by atoms with Crippen LogP contribution in [0.15, 0.2) is 23.1 Å². The molecule has 2 rings (SSSR count). The third-order valence-corrected chi connectivity index (χ3v) is 3.99. The summed E-state index contributed by atoms with van der Waals surface area (Å²) in [5, 5.41) is 0. The van der Waals surface area contributed by atoms with Crippen LogP contribution in [0, 0.1) is 0 Å². The van der Waals surface area contributed by atoms with E-state index >= 15 is 0 Å². The monoisotopic (exact) mass is 235 g/mol. The zero-order chi connectivity index (χ0) is 7.68. The molecule has 0 aliphatic heterocycles. The van der Waals surface area contributed by atoms with Crippen molar-refractivity contribution in [3.05, 3.63) is 18.2 Å². The van der Waals surface area contributed by atoms with Gasteiger partial charge in [0.1, 0.15) is 5.52 Å². The number of fused-ring (bicyclic) bond motifs is 1. The minimum Gasteiger partial charge on any atom is -1.00 e. The van der Waals surface area contributed by atoms with Crippen LogP contribution >= 0.6 is 32.6 Å². The highest BCUT2D eigenvalue weighted by Crippen LogP contribution is 2.26. The van der Waals surface area contributed by atoms with E-state index in [1.807, 2.05) is 0 Å². The van der Waals surface area contributed by atoms with Crippen LogP contribution in [0.1, 0.15) is 0 Å². The fourth-order valence-electron chi connectivity index (χ4n) is 0.863. The lowest BCUT2D eigenvalue weighted by atomic mass is 10.3. The molecule has 12 heavy (non-hydrogen) atoms. The summed E-state index contributed by atoms with van der Waals surface area (Å²) in [6.45, 7) is 0. The van der Waals surface area contributed by atoms with Crippen molar-refractivity contribution in [2.45, 2.75) is 4.90 Å². The van der Waals surface area contributed by atoms with Crippen molar-refractivity contribution in [2.24, 2.45) is 0 Å². The SMILES string of the molecule is CSc1ccc2ns[s+]c2c1.[Cl-]. The van der Waals surface area contributed by atoms with Crippen LogP contribution < -0.4 is 12.4 Å². The Labute approximate surface area is 88.8 Å². The third kappa shape index (κ3) is 1.88. The van der Waals surface area contributed by atoms with Crippen molar-refractivity contribution in [2.75, 3.05) is 6.26 Å². The molecule has 1 aromatic heterocycles. The van der Waals surface area contributed by atoms with Crippen molar-refractivity contribution < 1.29 is 12.4 Å². The maximum Gasteiger partial charge on any atom is 0.323 e. The van der Waals surface area contributed by atoms with Gasteiger partial charge in [-0.25, -0.2) is 0 Å². The minimum atomic E-state index is 0. The molecule has 0 bridgehead atoms. The number of rotatable bonds is 1. The molecule has 0 saturated heterocycles. The van der Waals surface area contributed by atoms with Crippen LogP contribution in [0.4, 0.5) is 0 Å². The summed E-state index contributed by atoms with van der Waals surface area (Å²) in [5.74, 6) is 0. The normalized spacial score (nSPS) is 9.75. The van der Waals surface area contributed by atoms with E-state index in [4.69, 9.17) is 0 Å². The molecule has 0 N–H and O–H groups in total. The number of hydrogen-bond acceptors (Lipinski definition) is 3. The van der Waals surface area contributed by atoms with Gasteiger partial charge < -0.3 is 12.4 Å². The predicted molar refractivity (Wildman–Crippen MR) is 53.7 cm³/mol. The molecular formula is C7H6ClNS3. The summed E-state index contributed by atoms with van der Waals surface area (Å²) < 4.78 is 5.54. The number of nitrogens with zero attached hydrogens (tertiary/aromatic N) is 1. The van der Waals surface area contributed by atoms with Crippen molar-refractivity contribution in [1.29, 1.82) is 0 Å². The molecule has 2 aromatic rings. The first-order chi connectivity index (χ1) is 5.40. The highest BCUT2D eigenvalue weighted by molar-refractivity contribution is 7.98. The summed E-state index contributed by atoms with van der Waals surface area (Å²) in [7, 11) is 3.29. The minimum absolute atomic E-state index is 0. The van der Waals surface area contributed by atoms with E-state index in [1.54, 1.807) is 32.6 Å². The van der Waals surface area contributed by atoms with Gasteiger partial charge in [0, 0.05) is 11.0 Å². The molecule has 0 atom stereocenters. The number of thioether (sulfide) groups is 1. The molecule has 0 aliphatic rings. The van der Waals surface area contributed by atoms with Crippen LogP contribution in [-0.4, -0.2) is 10.6 Å². The van der Waals surface area contributed by atoms with E-state index in [-0.39, 0.29) is 12.4 Å². The molecule has 0 amide bonds. The van der Waals surface area contributed by atoms with E-state index in [1.165, 1.54) is 9.60 Å². The Morgan fingerprint density at radius 3 is 3.08 bits per heavy atom. The van der Waals surface area contributed by atoms with E-state index in [0.717, 1.165) is 5.52 Å². The van der Waals surface area contributed by atoms with Gasteiger partial charge in [-0.2, -0.15) is 0 Å². The van der Waals surface area contributed by atoms with Gasteiger partial charge in [-0.1, -0.05) is 0 Å². The standard InChI is InChI=1S/C7H6NS3.ClH/c1-9-5-2-3-6-7(4-5)10-11-8-6;/h2-4H,1H3;1H/q+1;/p-1. The Kier molecular flexibility index (Phi) is 3.71. The van der Waals surface area contributed by atoms with E-state index in [9.17, 15) is 0 Å². The second-order valence-electron chi connectivity index (χ2n) is 2.08. The average Bonchev–Trinajstić information content (AvgIpc) is 2.50. The first-order valence-electron chi connectivity index (χ1n) is 3.13. The van der Waals surface area contributed by atoms with Crippen molar-refractivity contribution >= 4 is 42.9 Å². The molecular weight excluding hydrogens is 230 g/mol. The van der Waals surface area contributed by atoms with Gasteiger partial charge in [0.05, 0.1) is 0 Å². The lowest BCUT2D eigenvalue weighted by Crippen LogP contribution is -3.00. The zero-order valence-electron chi connectivity index (χ0n) is 6.28. The van der Waals surface area contributed by atoms with Gasteiger partial charge in [-0.05, 0) is 18.4 Å². The van der Waals surface area contributed by atoms with Crippen LogP contribution in [0.5, 0.6) is 0 Å². The lowest BCUT2D eigenvalue weighted by molar-refractivity contribution is -0.00000209. The quantitative estimate of drug-likeness (QED) is 0.402. The summed E-state index contributed by atoms with van der Waals surface area (Å²) in [6.07, 6.45) is 2.09. The van der Waals surface area contributed by atoms with Gasteiger partial charge >= 0.3 is 10.3 Å². The van der Waals surface area contributed by atoms with E-state index in [2.05, 4.69) is 28.8 Å². The summed E-state index contributed by atoms with van der Waals surface area (Å²) in [4.78, 5) is 1.31. The molecule has 1 nitrogen and oxygen atoms in total. The molecule has 0 fully saturated rings. The van der Waals surface area contributed by atoms with Crippen LogP contribution in [-0.2, 0) is 0 Å². The molecule has 1 aromatic carbocycles. The second-order valence-corrected chi connectivity index (χ2v) is 4.85. The Hall–Kier alpha value is 0.1000. The maximum absolute atomic E-state index is 4.25. The summed E-state index contributed by atoms with van der Waals surface area (Å²) >= 11 is 1.77. The lowest BCUT2D eigenvalue weighted by Gasteiger charge is -1.88. The zero-order valence-corrected chi connectivity index (χ0v) is 9.49. The fourth-order valence-corrected chi connectivity index (χ4v) is 3.16. The molecule has 0 saturated carbocycles. The Balaban J connectivity index is 0.000000720. The topological polar surface area (TPSA) is 12.9 Å². The highest BCUT2D eigenvalue weighted by Gasteiger charge is 2.08. The Morgan fingerprint density at radius 1 is 1.50 bits per heavy atom. The average molecular weight is 236 g/mol. The number of hydrogen-bond donors (Lipinski definition) is 0. The fraction of sp³-hybridized carbons (Fsp3) is 0.143. The first kappa shape index (κ1) is 10.2. The van der Waals surface area contributed by atoms with Crippen molar-refractivity contribution in [1.82, 2.24) is 4.37 Å². The second kappa shape index (κ2) is 4.37.